The van der Waals surface area contributed by atoms with Gasteiger partial charge in [0.2, 0.25) is 0 Å². The van der Waals surface area contributed by atoms with Crippen LogP contribution >= 0.6 is 0 Å². The lowest BCUT2D eigenvalue weighted by molar-refractivity contribution is -0.149. The lowest BCUT2D eigenvalue weighted by Gasteiger charge is -2.42. The maximum atomic E-state index is 11.6. The van der Waals surface area contributed by atoms with E-state index < -0.39 is 11.5 Å². The third-order valence-corrected chi connectivity index (χ3v) is 4.16. The second-order valence-corrected chi connectivity index (χ2v) is 4.95. The Morgan fingerprint density at radius 2 is 2.31 bits per heavy atom. The molecule has 16 heavy (non-hydrogen) atoms. The molecule has 0 radical (unpaired) electrons. The van der Waals surface area contributed by atoms with Crippen LogP contribution in [0.25, 0.3) is 0 Å². The molecule has 0 saturated carbocycles. The Kier molecular flexibility index (Phi) is 3.50. The van der Waals surface area contributed by atoms with Crippen LogP contribution in [0.3, 0.4) is 0 Å². The number of nitrogens with one attached hydrogen (secondary N) is 1. The van der Waals surface area contributed by atoms with E-state index in [1.807, 2.05) is 0 Å². The molecule has 0 aromatic heterocycles. The number of carbonyl (C=O) groups is 1. The van der Waals surface area contributed by atoms with Crippen LogP contribution < -0.4 is 5.32 Å². The number of likely N-dealkylation sites (tertiary alicyclic amines) is 1. The first kappa shape index (κ1) is 11.9. The second-order valence-electron chi connectivity index (χ2n) is 4.95. The van der Waals surface area contributed by atoms with Crippen molar-refractivity contribution >= 4 is 5.97 Å². The molecule has 0 aromatic carbocycles. The Bertz CT molecular complexity index is 262. The molecule has 2 aliphatic heterocycles. The van der Waals surface area contributed by atoms with Crippen molar-refractivity contribution in [2.24, 2.45) is 0 Å². The van der Waals surface area contributed by atoms with Crippen LogP contribution in [0.2, 0.25) is 0 Å². The van der Waals surface area contributed by atoms with Gasteiger partial charge in [-0.2, -0.15) is 0 Å². The van der Waals surface area contributed by atoms with E-state index >= 15 is 0 Å². The normalized spacial score (nSPS) is 36.4. The lowest BCUT2D eigenvalue weighted by Crippen LogP contribution is -2.65. The fourth-order valence-corrected chi connectivity index (χ4v) is 3.30. The number of hydrogen-bond acceptors (Lipinski definition) is 3. The Morgan fingerprint density at radius 1 is 1.50 bits per heavy atom. The monoisotopic (exact) mass is 226 g/mol. The minimum atomic E-state index is -0.676. The van der Waals surface area contributed by atoms with E-state index in [1.165, 1.54) is 0 Å². The molecule has 0 aliphatic carbocycles. The summed E-state index contributed by atoms with van der Waals surface area (Å²) in [5.41, 5.74) is -0.676. The maximum Gasteiger partial charge on any atom is 0.325 e. The van der Waals surface area contributed by atoms with Gasteiger partial charge < -0.3 is 10.4 Å². The molecule has 0 bridgehead atoms. The Hall–Kier alpha value is -0.610. The van der Waals surface area contributed by atoms with Crippen molar-refractivity contribution in [3.05, 3.63) is 0 Å². The molecule has 2 aliphatic rings. The van der Waals surface area contributed by atoms with E-state index in [0.717, 1.165) is 51.7 Å². The molecule has 2 fully saturated rings. The van der Waals surface area contributed by atoms with Crippen LogP contribution in [0.4, 0.5) is 0 Å². The van der Waals surface area contributed by atoms with Crippen molar-refractivity contribution in [1.82, 2.24) is 10.2 Å². The summed E-state index contributed by atoms with van der Waals surface area (Å²) in [4.78, 5) is 14.0. The molecule has 2 saturated heterocycles. The quantitative estimate of drug-likeness (QED) is 0.756. The summed E-state index contributed by atoms with van der Waals surface area (Å²) in [6.45, 7) is 4.98. The molecule has 2 rings (SSSR count). The summed E-state index contributed by atoms with van der Waals surface area (Å²) in [6, 6.07) is 0.190. The molecule has 2 N–H and O–H groups in total. The van der Waals surface area contributed by atoms with Crippen molar-refractivity contribution in [2.45, 2.75) is 50.6 Å². The highest BCUT2D eigenvalue weighted by Crippen LogP contribution is 2.33. The lowest BCUT2D eigenvalue weighted by atomic mass is 9.81. The van der Waals surface area contributed by atoms with E-state index in [1.54, 1.807) is 0 Å². The minimum absolute atomic E-state index is 0.190. The van der Waals surface area contributed by atoms with Gasteiger partial charge in [0.15, 0.2) is 0 Å². The highest BCUT2D eigenvalue weighted by molar-refractivity contribution is 5.80. The van der Waals surface area contributed by atoms with Crippen molar-refractivity contribution in [2.75, 3.05) is 19.6 Å². The fraction of sp³-hybridized carbons (Fsp3) is 0.917. The van der Waals surface area contributed by atoms with Gasteiger partial charge in [-0.15, -0.1) is 0 Å². The highest BCUT2D eigenvalue weighted by Gasteiger charge is 2.49. The van der Waals surface area contributed by atoms with Crippen molar-refractivity contribution in [1.29, 1.82) is 0 Å². The molecule has 2 heterocycles. The number of aliphatic carboxylic acids is 1. The molecular formula is C12H22N2O2. The van der Waals surface area contributed by atoms with Gasteiger partial charge in [0.05, 0.1) is 0 Å². The van der Waals surface area contributed by atoms with E-state index in [4.69, 9.17) is 0 Å². The molecule has 2 atom stereocenters. The van der Waals surface area contributed by atoms with E-state index in [2.05, 4.69) is 17.1 Å². The minimum Gasteiger partial charge on any atom is -0.480 e. The van der Waals surface area contributed by atoms with E-state index in [0.29, 0.717) is 0 Å². The van der Waals surface area contributed by atoms with E-state index in [9.17, 15) is 9.90 Å². The van der Waals surface area contributed by atoms with Crippen LogP contribution in [0, 0.1) is 0 Å². The smallest absolute Gasteiger partial charge is 0.325 e. The first-order valence-electron chi connectivity index (χ1n) is 6.43. The molecule has 4 nitrogen and oxygen atoms in total. The van der Waals surface area contributed by atoms with Crippen molar-refractivity contribution < 1.29 is 9.90 Å². The zero-order chi connectivity index (χ0) is 11.6. The highest BCUT2D eigenvalue weighted by atomic mass is 16.4. The predicted octanol–water partition coefficient (Wildman–Crippen LogP) is 1.07. The summed E-state index contributed by atoms with van der Waals surface area (Å²) < 4.78 is 0. The third kappa shape index (κ3) is 1.84. The zero-order valence-electron chi connectivity index (χ0n) is 10.0. The zero-order valence-corrected chi connectivity index (χ0v) is 10.0. The molecule has 4 heteroatoms. The molecule has 0 aromatic rings. The van der Waals surface area contributed by atoms with Crippen molar-refractivity contribution in [3.63, 3.8) is 0 Å². The molecule has 2 unspecified atom stereocenters. The van der Waals surface area contributed by atoms with Gasteiger partial charge in [0, 0.05) is 6.04 Å². The molecule has 92 valence electrons. The number of hydrogen-bond donors (Lipinski definition) is 2. The largest absolute Gasteiger partial charge is 0.480 e. The molecular weight excluding hydrogens is 204 g/mol. The van der Waals surface area contributed by atoms with Crippen LogP contribution in [-0.4, -0.2) is 47.2 Å². The Balaban J connectivity index is 2.20. The summed E-state index contributed by atoms with van der Waals surface area (Å²) in [5.74, 6) is -0.655. The van der Waals surface area contributed by atoms with Crippen LogP contribution in [0.1, 0.15) is 39.0 Å². The van der Waals surface area contributed by atoms with Gasteiger partial charge in [-0.3, -0.25) is 9.69 Å². The number of likely N-dealkylation sites (N-methyl/N-ethyl adjacent to an activating group) is 1. The first-order valence-corrected chi connectivity index (χ1v) is 6.43. The summed E-state index contributed by atoms with van der Waals surface area (Å²) >= 11 is 0. The van der Waals surface area contributed by atoms with Gasteiger partial charge in [0.25, 0.3) is 0 Å². The summed E-state index contributed by atoms with van der Waals surface area (Å²) in [7, 11) is 0. The standard InChI is InChI=1S/C12H22N2O2/c1-2-14-9-5-6-10(14)12(11(15)16)7-3-4-8-13-12/h10,13H,2-9H2,1H3,(H,15,16). The van der Waals surface area contributed by atoms with Gasteiger partial charge in [-0.25, -0.2) is 0 Å². The van der Waals surface area contributed by atoms with E-state index in [-0.39, 0.29) is 6.04 Å². The van der Waals surface area contributed by atoms with Gasteiger partial charge in [-0.05, 0) is 51.7 Å². The predicted molar refractivity (Wildman–Crippen MR) is 62.5 cm³/mol. The number of carboxylic acid groups (broad SMARTS) is 1. The molecule has 0 amide bonds. The average molecular weight is 226 g/mol. The Labute approximate surface area is 97.0 Å². The van der Waals surface area contributed by atoms with Crippen LogP contribution in [-0.2, 0) is 4.79 Å². The summed E-state index contributed by atoms with van der Waals surface area (Å²) in [6.07, 6.45) is 5.08. The average Bonchev–Trinajstić information content (AvgIpc) is 2.78. The van der Waals surface area contributed by atoms with Crippen molar-refractivity contribution in [3.8, 4) is 0 Å². The number of nitrogens with zero attached hydrogens (tertiary/aromatic N) is 1. The van der Waals surface area contributed by atoms with Crippen LogP contribution in [0.5, 0.6) is 0 Å². The second kappa shape index (κ2) is 4.72. The topological polar surface area (TPSA) is 52.6 Å². The van der Waals surface area contributed by atoms with Gasteiger partial charge in [-0.1, -0.05) is 6.92 Å². The van der Waals surface area contributed by atoms with Crippen LogP contribution in [0.15, 0.2) is 0 Å². The van der Waals surface area contributed by atoms with Gasteiger partial charge >= 0.3 is 5.97 Å². The number of piperidine rings is 1. The number of rotatable bonds is 3. The third-order valence-electron chi connectivity index (χ3n) is 4.16. The maximum absolute atomic E-state index is 11.6. The first-order chi connectivity index (χ1) is 7.70. The number of carboxylic acids is 1. The fourth-order valence-electron chi connectivity index (χ4n) is 3.30. The summed E-state index contributed by atoms with van der Waals surface area (Å²) in [5, 5.41) is 12.9. The SMILES string of the molecule is CCN1CCCC1C1(C(=O)O)CCCCN1. The Morgan fingerprint density at radius 3 is 2.88 bits per heavy atom. The van der Waals surface area contributed by atoms with Gasteiger partial charge in [0.1, 0.15) is 5.54 Å². The molecule has 0 spiro atoms.